The smallest absolute Gasteiger partial charge is 0.325 e. The van der Waals surface area contributed by atoms with Crippen LogP contribution < -0.4 is 5.32 Å². The highest BCUT2D eigenvalue weighted by Crippen LogP contribution is 2.33. The van der Waals surface area contributed by atoms with Crippen LogP contribution in [0.4, 0.5) is 18.9 Å². The lowest BCUT2D eigenvalue weighted by atomic mass is 10.2. The van der Waals surface area contributed by atoms with Crippen molar-refractivity contribution in [3.8, 4) is 0 Å². The maximum atomic E-state index is 12.4. The highest BCUT2D eigenvalue weighted by atomic mass is 35.5. The minimum Gasteiger partial charge on any atom is -0.325 e. The molecule has 0 saturated carbocycles. The molecule has 6 heteroatoms. The molecule has 0 radical (unpaired) electrons. The van der Waals surface area contributed by atoms with E-state index in [4.69, 9.17) is 11.6 Å². The molecule has 1 aromatic carbocycles. The Balaban J connectivity index is 2.95. The largest absolute Gasteiger partial charge is 0.416 e. The van der Waals surface area contributed by atoms with E-state index in [0.29, 0.717) is 6.42 Å². The standard InChI is InChI=1S/C11H11ClF3NO/c1-2-3-10(17)16-9-6-7(11(13,14)15)4-5-8(9)12/h4-6H,2-3H2,1H3,(H,16,17). The van der Waals surface area contributed by atoms with Crippen LogP contribution in [0.5, 0.6) is 0 Å². The summed E-state index contributed by atoms with van der Waals surface area (Å²) in [5.74, 6) is -0.353. The van der Waals surface area contributed by atoms with Gasteiger partial charge in [0.15, 0.2) is 0 Å². The van der Waals surface area contributed by atoms with Crippen LogP contribution in [0.25, 0.3) is 0 Å². The van der Waals surface area contributed by atoms with E-state index in [0.717, 1.165) is 18.2 Å². The van der Waals surface area contributed by atoms with Crippen molar-refractivity contribution in [3.05, 3.63) is 28.8 Å². The highest BCUT2D eigenvalue weighted by molar-refractivity contribution is 6.33. The molecule has 0 atom stereocenters. The predicted octanol–water partition coefficient (Wildman–Crippen LogP) is 4.10. The maximum absolute atomic E-state index is 12.4. The zero-order chi connectivity index (χ0) is 13.1. The fraction of sp³-hybridized carbons (Fsp3) is 0.364. The summed E-state index contributed by atoms with van der Waals surface area (Å²) in [6, 6.07) is 2.82. The molecule has 1 N–H and O–H groups in total. The summed E-state index contributed by atoms with van der Waals surface area (Å²) in [4.78, 5) is 11.3. The highest BCUT2D eigenvalue weighted by Gasteiger charge is 2.31. The number of alkyl halides is 3. The maximum Gasteiger partial charge on any atom is 0.416 e. The van der Waals surface area contributed by atoms with Gasteiger partial charge in [0.2, 0.25) is 5.91 Å². The van der Waals surface area contributed by atoms with Crippen LogP contribution in [0.2, 0.25) is 5.02 Å². The molecule has 0 heterocycles. The van der Waals surface area contributed by atoms with Crippen LogP contribution in [-0.4, -0.2) is 5.91 Å². The van der Waals surface area contributed by atoms with Gasteiger partial charge >= 0.3 is 6.18 Å². The van der Waals surface area contributed by atoms with Crippen molar-refractivity contribution in [2.24, 2.45) is 0 Å². The van der Waals surface area contributed by atoms with E-state index in [1.807, 2.05) is 0 Å². The first-order chi connectivity index (χ1) is 7.84. The summed E-state index contributed by atoms with van der Waals surface area (Å²) in [6.07, 6.45) is -3.59. The lowest BCUT2D eigenvalue weighted by molar-refractivity contribution is -0.137. The Morgan fingerprint density at radius 2 is 2.06 bits per heavy atom. The van der Waals surface area contributed by atoms with Gasteiger partial charge in [-0.1, -0.05) is 18.5 Å². The summed E-state index contributed by atoms with van der Waals surface area (Å²) < 4.78 is 37.3. The molecule has 1 amide bonds. The summed E-state index contributed by atoms with van der Waals surface area (Å²) in [5.41, 5.74) is -0.853. The van der Waals surface area contributed by atoms with Crippen molar-refractivity contribution >= 4 is 23.2 Å². The number of carbonyl (C=O) groups excluding carboxylic acids is 1. The molecule has 0 unspecified atom stereocenters. The molecule has 0 aliphatic heterocycles. The molecular formula is C11H11ClF3NO. The van der Waals surface area contributed by atoms with Crippen LogP contribution in [0.3, 0.4) is 0 Å². The van der Waals surface area contributed by atoms with E-state index in [-0.39, 0.29) is 23.0 Å². The van der Waals surface area contributed by atoms with E-state index in [1.54, 1.807) is 6.92 Å². The van der Waals surface area contributed by atoms with E-state index in [2.05, 4.69) is 5.32 Å². The molecule has 0 aliphatic rings. The second-order valence-corrected chi connectivity index (χ2v) is 3.90. The van der Waals surface area contributed by atoms with Gasteiger partial charge in [-0.2, -0.15) is 13.2 Å². The number of amides is 1. The van der Waals surface area contributed by atoms with Gasteiger partial charge in [-0.3, -0.25) is 4.79 Å². The minimum atomic E-state index is -4.45. The first-order valence-corrected chi connectivity index (χ1v) is 5.39. The van der Waals surface area contributed by atoms with Gasteiger partial charge in [0.05, 0.1) is 16.3 Å². The second-order valence-electron chi connectivity index (χ2n) is 3.49. The number of carbonyl (C=O) groups is 1. The van der Waals surface area contributed by atoms with Gasteiger partial charge in [-0.05, 0) is 24.6 Å². The molecule has 0 spiro atoms. The topological polar surface area (TPSA) is 29.1 Å². The van der Waals surface area contributed by atoms with Gasteiger partial charge in [-0.25, -0.2) is 0 Å². The molecule has 94 valence electrons. The van der Waals surface area contributed by atoms with Gasteiger partial charge < -0.3 is 5.32 Å². The Bertz CT molecular complexity index is 418. The van der Waals surface area contributed by atoms with Crippen molar-refractivity contribution in [2.75, 3.05) is 5.32 Å². The zero-order valence-electron chi connectivity index (χ0n) is 9.07. The Kier molecular flexibility index (Phi) is 4.40. The Hall–Kier alpha value is -1.23. The van der Waals surface area contributed by atoms with Crippen LogP contribution >= 0.6 is 11.6 Å². The van der Waals surface area contributed by atoms with Crippen LogP contribution in [0.1, 0.15) is 25.3 Å². The molecule has 0 aromatic heterocycles. The zero-order valence-corrected chi connectivity index (χ0v) is 9.82. The number of rotatable bonds is 3. The predicted molar refractivity (Wildman–Crippen MR) is 60.0 cm³/mol. The normalized spacial score (nSPS) is 11.4. The van der Waals surface area contributed by atoms with Gasteiger partial charge in [0, 0.05) is 6.42 Å². The van der Waals surface area contributed by atoms with Crippen LogP contribution in [-0.2, 0) is 11.0 Å². The number of halogens is 4. The Labute approximate surface area is 102 Å². The number of anilines is 1. The number of nitrogens with one attached hydrogen (secondary N) is 1. The van der Waals surface area contributed by atoms with E-state index < -0.39 is 11.7 Å². The molecule has 1 rings (SSSR count). The lowest BCUT2D eigenvalue weighted by Gasteiger charge is -2.11. The summed E-state index contributed by atoms with van der Waals surface area (Å²) in [7, 11) is 0. The first kappa shape index (κ1) is 13.8. The van der Waals surface area contributed by atoms with Crippen molar-refractivity contribution in [3.63, 3.8) is 0 Å². The quantitative estimate of drug-likeness (QED) is 0.876. The van der Waals surface area contributed by atoms with Crippen LogP contribution in [0.15, 0.2) is 18.2 Å². The monoisotopic (exact) mass is 265 g/mol. The number of hydrogen-bond donors (Lipinski definition) is 1. The molecule has 0 aliphatic carbocycles. The van der Waals surface area contributed by atoms with Crippen molar-refractivity contribution in [1.29, 1.82) is 0 Å². The van der Waals surface area contributed by atoms with Crippen molar-refractivity contribution in [2.45, 2.75) is 25.9 Å². The third-order valence-corrected chi connectivity index (χ3v) is 2.37. The van der Waals surface area contributed by atoms with Crippen molar-refractivity contribution in [1.82, 2.24) is 0 Å². The Morgan fingerprint density at radius 1 is 1.41 bits per heavy atom. The average Bonchev–Trinajstić information content (AvgIpc) is 2.20. The Morgan fingerprint density at radius 3 is 2.59 bits per heavy atom. The van der Waals surface area contributed by atoms with Crippen LogP contribution in [0, 0.1) is 0 Å². The van der Waals surface area contributed by atoms with Gasteiger partial charge in [-0.15, -0.1) is 0 Å². The number of hydrogen-bond acceptors (Lipinski definition) is 1. The fourth-order valence-corrected chi connectivity index (χ4v) is 1.40. The molecule has 0 bridgehead atoms. The van der Waals surface area contributed by atoms with E-state index >= 15 is 0 Å². The summed E-state index contributed by atoms with van der Waals surface area (Å²) >= 11 is 5.71. The van der Waals surface area contributed by atoms with Crippen molar-refractivity contribution < 1.29 is 18.0 Å². The minimum absolute atomic E-state index is 0.0139. The van der Waals surface area contributed by atoms with Gasteiger partial charge in [0.25, 0.3) is 0 Å². The average molecular weight is 266 g/mol. The molecule has 2 nitrogen and oxygen atoms in total. The summed E-state index contributed by atoms with van der Waals surface area (Å²) in [5, 5.41) is 2.44. The molecule has 0 fully saturated rings. The first-order valence-electron chi connectivity index (χ1n) is 5.01. The lowest BCUT2D eigenvalue weighted by Crippen LogP contribution is -2.12. The van der Waals surface area contributed by atoms with E-state index in [9.17, 15) is 18.0 Å². The molecular weight excluding hydrogens is 255 g/mol. The third-order valence-electron chi connectivity index (χ3n) is 2.04. The summed E-state index contributed by atoms with van der Waals surface area (Å²) in [6.45, 7) is 1.80. The number of benzene rings is 1. The third kappa shape index (κ3) is 3.93. The molecule has 17 heavy (non-hydrogen) atoms. The second kappa shape index (κ2) is 5.40. The molecule has 1 aromatic rings. The van der Waals surface area contributed by atoms with E-state index in [1.165, 1.54) is 0 Å². The fourth-order valence-electron chi connectivity index (χ4n) is 1.24. The van der Waals surface area contributed by atoms with Gasteiger partial charge in [0.1, 0.15) is 0 Å². The molecule has 0 saturated heterocycles. The SMILES string of the molecule is CCCC(=O)Nc1cc(C(F)(F)F)ccc1Cl.